The van der Waals surface area contributed by atoms with E-state index in [1.165, 1.54) is 4.90 Å². The lowest BCUT2D eigenvalue weighted by Crippen LogP contribution is -2.47. The SMILES string of the molecule is CN(C)C(=O)c1ccc(N2CCN(CCCN)CC2)nn1. The summed E-state index contributed by atoms with van der Waals surface area (Å²) in [6.07, 6.45) is 1.04. The highest BCUT2D eigenvalue weighted by Gasteiger charge is 2.18. The molecule has 1 aromatic rings. The highest BCUT2D eigenvalue weighted by molar-refractivity contribution is 5.91. The molecule has 0 bridgehead atoms. The lowest BCUT2D eigenvalue weighted by Gasteiger charge is -2.35. The van der Waals surface area contributed by atoms with Gasteiger partial charge in [-0.3, -0.25) is 9.69 Å². The van der Waals surface area contributed by atoms with Crippen LogP contribution in [0.15, 0.2) is 12.1 Å². The van der Waals surface area contributed by atoms with Gasteiger partial charge in [0.05, 0.1) is 0 Å². The summed E-state index contributed by atoms with van der Waals surface area (Å²) in [5.74, 6) is 0.712. The summed E-state index contributed by atoms with van der Waals surface area (Å²) >= 11 is 0. The summed E-state index contributed by atoms with van der Waals surface area (Å²) in [7, 11) is 3.41. The number of nitrogens with two attached hydrogens (primary N) is 1. The molecule has 0 atom stereocenters. The van der Waals surface area contributed by atoms with Crippen molar-refractivity contribution in [2.75, 3.05) is 58.3 Å². The first-order chi connectivity index (χ1) is 10.1. The first-order valence-corrected chi connectivity index (χ1v) is 7.34. The van der Waals surface area contributed by atoms with Gasteiger partial charge in [-0.25, -0.2) is 0 Å². The maximum Gasteiger partial charge on any atom is 0.273 e. The Morgan fingerprint density at radius 1 is 1.24 bits per heavy atom. The van der Waals surface area contributed by atoms with Crippen molar-refractivity contribution in [2.45, 2.75) is 6.42 Å². The summed E-state index contributed by atoms with van der Waals surface area (Å²) in [6.45, 7) is 5.69. The molecule has 1 fully saturated rings. The van der Waals surface area contributed by atoms with E-state index in [0.29, 0.717) is 5.69 Å². The van der Waals surface area contributed by atoms with Gasteiger partial charge in [-0.05, 0) is 31.6 Å². The standard InChI is InChI=1S/C14H24N6O/c1-18(2)14(21)12-4-5-13(17-16-12)20-10-8-19(9-11-20)7-3-6-15/h4-5H,3,6-11,15H2,1-2H3. The normalized spacial score (nSPS) is 16.0. The van der Waals surface area contributed by atoms with E-state index in [9.17, 15) is 4.79 Å². The van der Waals surface area contributed by atoms with Gasteiger partial charge in [-0.15, -0.1) is 10.2 Å². The molecule has 2 rings (SSSR count). The van der Waals surface area contributed by atoms with Gasteiger partial charge in [-0.2, -0.15) is 0 Å². The molecule has 7 nitrogen and oxygen atoms in total. The number of hydrogen-bond acceptors (Lipinski definition) is 6. The molecule has 0 aromatic carbocycles. The van der Waals surface area contributed by atoms with E-state index in [2.05, 4.69) is 20.0 Å². The fourth-order valence-corrected chi connectivity index (χ4v) is 2.35. The molecule has 0 spiro atoms. The van der Waals surface area contributed by atoms with Crippen molar-refractivity contribution in [1.82, 2.24) is 20.0 Å². The summed E-state index contributed by atoms with van der Waals surface area (Å²) in [5, 5.41) is 8.21. The molecule has 0 unspecified atom stereocenters. The average molecular weight is 292 g/mol. The number of hydrogen-bond donors (Lipinski definition) is 1. The predicted molar refractivity (Wildman–Crippen MR) is 82.4 cm³/mol. The fourth-order valence-electron chi connectivity index (χ4n) is 2.35. The zero-order chi connectivity index (χ0) is 15.2. The Hall–Kier alpha value is -1.73. The summed E-state index contributed by atoms with van der Waals surface area (Å²) in [5.41, 5.74) is 5.92. The molecule has 7 heteroatoms. The van der Waals surface area contributed by atoms with Crippen LogP contribution in [-0.2, 0) is 0 Å². The third-order valence-electron chi connectivity index (χ3n) is 3.65. The van der Waals surface area contributed by atoms with Crippen molar-refractivity contribution < 1.29 is 4.79 Å². The van der Waals surface area contributed by atoms with Gasteiger partial charge in [0.2, 0.25) is 0 Å². The summed E-state index contributed by atoms with van der Waals surface area (Å²) < 4.78 is 0. The zero-order valence-corrected chi connectivity index (χ0v) is 12.8. The van der Waals surface area contributed by atoms with E-state index < -0.39 is 0 Å². The molecular formula is C14H24N6O. The second-order valence-electron chi connectivity index (χ2n) is 5.45. The van der Waals surface area contributed by atoms with E-state index in [1.807, 2.05) is 6.07 Å². The van der Waals surface area contributed by atoms with Crippen LogP contribution in [0.2, 0.25) is 0 Å². The molecule has 2 N–H and O–H groups in total. The van der Waals surface area contributed by atoms with Crippen LogP contribution < -0.4 is 10.6 Å². The molecule has 1 saturated heterocycles. The topological polar surface area (TPSA) is 78.6 Å². The molecule has 1 aromatic heterocycles. The van der Waals surface area contributed by atoms with Crippen LogP contribution in [0.5, 0.6) is 0 Å². The fraction of sp³-hybridized carbons (Fsp3) is 0.643. The van der Waals surface area contributed by atoms with Gasteiger partial charge >= 0.3 is 0 Å². The Balaban J connectivity index is 1.90. The van der Waals surface area contributed by atoms with Crippen LogP contribution in [0.1, 0.15) is 16.9 Å². The third-order valence-corrected chi connectivity index (χ3v) is 3.65. The van der Waals surface area contributed by atoms with Crippen molar-refractivity contribution in [3.63, 3.8) is 0 Å². The molecular weight excluding hydrogens is 268 g/mol. The van der Waals surface area contributed by atoms with E-state index >= 15 is 0 Å². The summed E-state index contributed by atoms with van der Waals surface area (Å²) in [6, 6.07) is 3.62. The number of carbonyl (C=O) groups excluding carboxylic acids is 1. The average Bonchev–Trinajstić information content (AvgIpc) is 2.53. The molecule has 21 heavy (non-hydrogen) atoms. The largest absolute Gasteiger partial charge is 0.353 e. The van der Waals surface area contributed by atoms with Crippen molar-refractivity contribution in [3.05, 3.63) is 17.8 Å². The minimum Gasteiger partial charge on any atom is -0.353 e. The third kappa shape index (κ3) is 4.12. The Kier molecular flexibility index (Phi) is 5.46. The number of nitrogens with zero attached hydrogens (tertiary/aromatic N) is 5. The highest BCUT2D eigenvalue weighted by Crippen LogP contribution is 2.13. The zero-order valence-electron chi connectivity index (χ0n) is 12.8. The Morgan fingerprint density at radius 2 is 1.95 bits per heavy atom. The van der Waals surface area contributed by atoms with Crippen molar-refractivity contribution in [2.24, 2.45) is 5.73 Å². The Bertz CT molecular complexity index is 453. The lowest BCUT2D eigenvalue weighted by molar-refractivity contribution is 0.0821. The second-order valence-corrected chi connectivity index (χ2v) is 5.45. The lowest BCUT2D eigenvalue weighted by atomic mass is 10.2. The smallest absolute Gasteiger partial charge is 0.273 e. The minimum atomic E-state index is -0.124. The van der Waals surface area contributed by atoms with Crippen LogP contribution >= 0.6 is 0 Å². The van der Waals surface area contributed by atoms with E-state index in [0.717, 1.165) is 51.5 Å². The number of amides is 1. The molecule has 1 aliphatic heterocycles. The monoisotopic (exact) mass is 292 g/mol. The van der Waals surface area contributed by atoms with Gasteiger partial charge in [0.1, 0.15) is 0 Å². The highest BCUT2D eigenvalue weighted by atomic mass is 16.2. The predicted octanol–water partition coefficient (Wildman–Crippen LogP) is -0.351. The molecule has 2 heterocycles. The molecule has 1 amide bonds. The van der Waals surface area contributed by atoms with Crippen LogP contribution in [-0.4, -0.2) is 79.3 Å². The number of carbonyl (C=O) groups is 1. The Labute approximate surface area is 125 Å². The minimum absolute atomic E-state index is 0.124. The number of anilines is 1. The summed E-state index contributed by atoms with van der Waals surface area (Å²) in [4.78, 5) is 17.9. The molecule has 0 aliphatic carbocycles. The number of piperazine rings is 1. The molecule has 0 radical (unpaired) electrons. The Morgan fingerprint density at radius 3 is 2.48 bits per heavy atom. The second kappa shape index (κ2) is 7.33. The van der Waals surface area contributed by atoms with Crippen LogP contribution in [0, 0.1) is 0 Å². The van der Waals surface area contributed by atoms with Gasteiger partial charge in [0, 0.05) is 40.3 Å². The van der Waals surface area contributed by atoms with E-state index in [4.69, 9.17) is 5.73 Å². The van der Waals surface area contributed by atoms with Gasteiger partial charge in [-0.1, -0.05) is 0 Å². The number of aromatic nitrogens is 2. The van der Waals surface area contributed by atoms with Crippen molar-refractivity contribution >= 4 is 11.7 Å². The van der Waals surface area contributed by atoms with Crippen molar-refractivity contribution in [1.29, 1.82) is 0 Å². The van der Waals surface area contributed by atoms with Crippen LogP contribution in [0.25, 0.3) is 0 Å². The van der Waals surface area contributed by atoms with Gasteiger partial charge in [0.15, 0.2) is 11.5 Å². The van der Waals surface area contributed by atoms with Crippen molar-refractivity contribution in [3.8, 4) is 0 Å². The van der Waals surface area contributed by atoms with E-state index in [-0.39, 0.29) is 5.91 Å². The van der Waals surface area contributed by atoms with Crippen LogP contribution in [0.3, 0.4) is 0 Å². The maximum atomic E-state index is 11.8. The number of rotatable bonds is 5. The van der Waals surface area contributed by atoms with Gasteiger partial charge in [0.25, 0.3) is 5.91 Å². The molecule has 116 valence electrons. The van der Waals surface area contributed by atoms with Crippen LogP contribution in [0.4, 0.5) is 5.82 Å². The van der Waals surface area contributed by atoms with Gasteiger partial charge < -0.3 is 15.5 Å². The molecule has 1 aliphatic rings. The molecule has 0 saturated carbocycles. The van der Waals surface area contributed by atoms with E-state index in [1.54, 1.807) is 20.2 Å². The quantitative estimate of drug-likeness (QED) is 0.799. The first kappa shape index (κ1) is 15.7. The maximum absolute atomic E-state index is 11.8. The first-order valence-electron chi connectivity index (χ1n) is 7.34.